The van der Waals surface area contributed by atoms with Crippen LogP contribution in [0.1, 0.15) is 33.6 Å². The van der Waals surface area contributed by atoms with E-state index in [2.05, 4.69) is 36.9 Å². The molecular weight excluding hydrogens is 172 g/mol. The van der Waals surface area contributed by atoms with Crippen molar-refractivity contribution in [3.63, 3.8) is 0 Å². The Hall–Kier alpha value is -0.520. The summed E-state index contributed by atoms with van der Waals surface area (Å²) in [6.07, 6.45) is 7.66. The molecule has 2 heteroatoms. The standard InChI is InChI=1S/C12H22N2/c1-5-8-13-11-6-9-14(10-7-11)12(2,3)4/h1,11,13H,6-10H2,2-4H3. The van der Waals surface area contributed by atoms with Crippen LogP contribution in [0.3, 0.4) is 0 Å². The fourth-order valence-electron chi connectivity index (χ4n) is 1.96. The zero-order valence-electron chi connectivity index (χ0n) is 9.64. The Morgan fingerprint density at radius 1 is 1.36 bits per heavy atom. The SMILES string of the molecule is C#CCNC1CCN(C(C)(C)C)CC1. The summed E-state index contributed by atoms with van der Waals surface area (Å²) < 4.78 is 0. The van der Waals surface area contributed by atoms with Gasteiger partial charge in [-0.2, -0.15) is 0 Å². The van der Waals surface area contributed by atoms with E-state index in [-0.39, 0.29) is 0 Å². The van der Waals surface area contributed by atoms with Crippen LogP contribution in [-0.4, -0.2) is 36.1 Å². The van der Waals surface area contributed by atoms with E-state index in [9.17, 15) is 0 Å². The quantitative estimate of drug-likeness (QED) is 0.670. The third-order valence-electron chi connectivity index (χ3n) is 2.94. The van der Waals surface area contributed by atoms with Crippen LogP contribution in [0.2, 0.25) is 0 Å². The van der Waals surface area contributed by atoms with Crippen LogP contribution < -0.4 is 5.32 Å². The van der Waals surface area contributed by atoms with Gasteiger partial charge in [-0.3, -0.25) is 4.90 Å². The van der Waals surface area contributed by atoms with Crippen LogP contribution in [0.25, 0.3) is 0 Å². The van der Waals surface area contributed by atoms with Gasteiger partial charge in [-0.05, 0) is 33.6 Å². The molecule has 0 spiro atoms. The summed E-state index contributed by atoms with van der Waals surface area (Å²) in [4.78, 5) is 2.54. The molecule has 0 bridgehead atoms. The lowest BCUT2D eigenvalue weighted by Gasteiger charge is -2.41. The fourth-order valence-corrected chi connectivity index (χ4v) is 1.96. The largest absolute Gasteiger partial charge is 0.303 e. The molecular formula is C12H22N2. The highest BCUT2D eigenvalue weighted by Crippen LogP contribution is 2.19. The smallest absolute Gasteiger partial charge is 0.0575 e. The molecule has 1 fully saturated rings. The van der Waals surface area contributed by atoms with Gasteiger partial charge in [0.2, 0.25) is 0 Å². The maximum atomic E-state index is 5.22. The Morgan fingerprint density at radius 3 is 2.36 bits per heavy atom. The molecule has 1 heterocycles. The van der Waals surface area contributed by atoms with Gasteiger partial charge in [-0.25, -0.2) is 0 Å². The molecule has 1 aliphatic rings. The van der Waals surface area contributed by atoms with Gasteiger partial charge in [-0.15, -0.1) is 6.42 Å². The molecule has 0 aliphatic carbocycles. The van der Waals surface area contributed by atoms with E-state index in [1.54, 1.807) is 0 Å². The van der Waals surface area contributed by atoms with Crippen LogP contribution >= 0.6 is 0 Å². The minimum Gasteiger partial charge on any atom is -0.303 e. The maximum Gasteiger partial charge on any atom is 0.0575 e. The third kappa shape index (κ3) is 3.32. The summed E-state index contributed by atoms with van der Waals surface area (Å²) in [7, 11) is 0. The molecule has 1 saturated heterocycles. The van der Waals surface area contributed by atoms with Crippen LogP contribution in [0.5, 0.6) is 0 Å². The van der Waals surface area contributed by atoms with Crippen molar-refractivity contribution in [2.45, 2.75) is 45.2 Å². The molecule has 80 valence electrons. The average Bonchev–Trinajstić information content (AvgIpc) is 2.14. The number of rotatable bonds is 2. The molecule has 0 aromatic carbocycles. The predicted octanol–water partition coefficient (Wildman–Crippen LogP) is 1.47. The highest BCUT2D eigenvalue weighted by atomic mass is 15.2. The zero-order chi connectivity index (χ0) is 10.6. The van der Waals surface area contributed by atoms with Crippen molar-refractivity contribution >= 4 is 0 Å². The molecule has 0 aromatic heterocycles. The molecule has 1 aliphatic heterocycles. The van der Waals surface area contributed by atoms with Gasteiger partial charge in [0.15, 0.2) is 0 Å². The number of likely N-dealkylation sites (tertiary alicyclic amines) is 1. The number of terminal acetylenes is 1. The number of hydrogen-bond acceptors (Lipinski definition) is 2. The number of hydrogen-bond donors (Lipinski definition) is 1. The van der Waals surface area contributed by atoms with Gasteiger partial charge in [-0.1, -0.05) is 5.92 Å². The molecule has 0 amide bonds. The summed E-state index contributed by atoms with van der Waals surface area (Å²) in [6, 6.07) is 0.629. The summed E-state index contributed by atoms with van der Waals surface area (Å²) in [5, 5.41) is 3.38. The van der Waals surface area contributed by atoms with Gasteiger partial charge in [0, 0.05) is 24.7 Å². The highest BCUT2D eigenvalue weighted by molar-refractivity contribution is 4.90. The minimum absolute atomic E-state index is 0.317. The summed E-state index contributed by atoms with van der Waals surface area (Å²) in [5.74, 6) is 2.63. The Kier molecular flexibility index (Phi) is 3.97. The second-order valence-corrected chi connectivity index (χ2v) is 5.02. The van der Waals surface area contributed by atoms with E-state index in [1.807, 2.05) is 0 Å². The second-order valence-electron chi connectivity index (χ2n) is 5.02. The Morgan fingerprint density at radius 2 is 1.93 bits per heavy atom. The molecule has 1 N–H and O–H groups in total. The number of nitrogens with one attached hydrogen (secondary N) is 1. The number of nitrogens with zero attached hydrogens (tertiary/aromatic N) is 1. The van der Waals surface area contributed by atoms with Crippen molar-refractivity contribution in [1.82, 2.24) is 10.2 Å². The first-order valence-electron chi connectivity index (χ1n) is 5.46. The summed E-state index contributed by atoms with van der Waals surface area (Å²) in [6.45, 7) is 9.92. The van der Waals surface area contributed by atoms with Crippen molar-refractivity contribution in [3.8, 4) is 12.3 Å². The Labute approximate surface area is 88.1 Å². The first kappa shape index (κ1) is 11.6. The van der Waals surface area contributed by atoms with E-state index in [0.29, 0.717) is 18.1 Å². The lowest BCUT2D eigenvalue weighted by Crippen LogP contribution is -2.50. The summed E-state index contributed by atoms with van der Waals surface area (Å²) >= 11 is 0. The lowest BCUT2D eigenvalue weighted by molar-refractivity contribution is 0.0972. The van der Waals surface area contributed by atoms with Gasteiger partial charge in [0.1, 0.15) is 0 Å². The van der Waals surface area contributed by atoms with E-state index in [1.165, 1.54) is 25.9 Å². The van der Waals surface area contributed by atoms with E-state index in [4.69, 9.17) is 6.42 Å². The van der Waals surface area contributed by atoms with Crippen LogP contribution in [-0.2, 0) is 0 Å². The van der Waals surface area contributed by atoms with Gasteiger partial charge < -0.3 is 5.32 Å². The first-order chi connectivity index (χ1) is 6.54. The van der Waals surface area contributed by atoms with Crippen molar-refractivity contribution < 1.29 is 0 Å². The molecule has 0 radical (unpaired) electrons. The van der Waals surface area contributed by atoms with Gasteiger partial charge >= 0.3 is 0 Å². The molecule has 0 saturated carbocycles. The van der Waals surface area contributed by atoms with Gasteiger partial charge in [0.05, 0.1) is 6.54 Å². The molecule has 14 heavy (non-hydrogen) atoms. The molecule has 0 atom stereocenters. The van der Waals surface area contributed by atoms with Gasteiger partial charge in [0.25, 0.3) is 0 Å². The lowest BCUT2D eigenvalue weighted by atomic mass is 9.98. The van der Waals surface area contributed by atoms with E-state index < -0.39 is 0 Å². The minimum atomic E-state index is 0.317. The van der Waals surface area contributed by atoms with Crippen LogP contribution in [0.4, 0.5) is 0 Å². The van der Waals surface area contributed by atoms with E-state index in [0.717, 1.165) is 0 Å². The van der Waals surface area contributed by atoms with Crippen molar-refractivity contribution in [3.05, 3.63) is 0 Å². The predicted molar refractivity (Wildman–Crippen MR) is 61.2 cm³/mol. The van der Waals surface area contributed by atoms with Crippen molar-refractivity contribution in [1.29, 1.82) is 0 Å². The molecule has 0 aromatic rings. The van der Waals surface area contributed by atoms with Crippen LogP contribution in [0.15, 0.2) is 0 Å². The Balaban J connectivity index is 2.29. The second kappa shape index (κ2) is 4.82. The fraction of sp³-hybridized carbons (Fsp3) is 0.833. The molecule has 1 rings (SSSR count). The highest BCUT2D eigenvalue weighted by Gasteiger charge is 2.26. The van der Waals surface area contributed by atoms with Crippen molar-refractivity contribution in [2.24, 2.45) is 0 Å². The maximum absolute atomic E-state index is 5.22. The number of piperidine rings is 1. The monoisotopic (exact) mass is 194 g/mol. The van der Waals surface area contributed by atoms with Crippen LogP contribution in [0, 0.1) is 12.3 Å². The topological polar surface area (TPSA) is 15.3 Å². The molecule has 0 unspecified atom stereocenters. The normalized spacial score (nSPS) is 20.7. The molecule has 2 nitrogen and oxygen atoms in total. The Bertz CT molecular complexity index is 201. The third-order valence-corrected chi connectivity index (χ3v) is 2.94. The summed E-state index contributed by atoms with van der Waals surface area (Å²) in [5.41, 5.74) is 0.317. The average molecular weight is 194 g/mol. The van der Waals surface area contributed by atoms with Crippen molar-refractivity contribution in [2.75, 3.05) is 19.6 Å². The van der Waals surface area contributed by atoms with E-state index >= 15 is 0 Å². The first-order valence-corrected chi connectivity index (χ1v) is 5.46. The zero-order valence-corrected chi connectivity index (χ0v) is 9.64.